The van der Waals surface area contributed by atoms with Gasteiger partial charge in [0.25, 0.3) is 0 Å². The Morgan fingerprint density at radius 1 is 1.25 bits per heavy atom. The van der Waals surface area contributed by atoms with Crippen molar-refractivity contribution in [3.63, 3.8) is 0 Å². The van der Waals surface area contributed by atoms with Crippen molar-refractivity contribution in [2.24, 2.45) is 5.73 Å². The van der Waals surface area contributed by atoms with Crippen molar-refractivity contribution in [2.75, 3.05) is 11.4 Å². The molecule has 20 heavy (non-hydrogen) atoms. The predicted molar refractivity (Wildman–Crippen MR) is 73.3 cm³/mol. The maximum Gasteiger partial charge on any atom is 0.182 e. The normalized spacial score (nSPS) is 14.2. The fourth-order valence-electron chi connectivity index (χ4n) is 2.25. The fraction of sp³-hybridized carbons (Fsp3) is 0.250. The van der Waals surface area contributed by atoms with Crippen molar-refractivity contribution in [2.45, 2.75) is 13.1 Å². The van der Waals surface area contributed by atoms with Crippen LogP contribution in [0.2, 0.25) is 0 Å². The summed E-state index contributed by atoms with van der Waals surface area (Å²) in [6, 6.07) is 2.88. The molecule has 0 radical (unpaired) electrons. The summed E-state index contributed by atoms with van der Waals surface area (Å²) in [7, 11) is 0. The van der Waals surface area contributed by atoms with Crippen molar-refractivity contribution < 1.29 is 8.78 Å². The summed E-state index contributed by atoms with van der Waals surface area (Å²) in [5.41, 5.74) is 5.45. The van der Waals surface area contributed by atoms with Crippen LogP contribution in [0.4, 0.5) is 14.5 Å². The molecule has 5 nitrogen and oxygen atoms in total. The molecule has 104 valence electrons. The molecule has 2 aromatic rings. The molecule has 1 aromatic carbocycles. The van der Waals surface area contributed by atoms with E-state index >= 15 is 0 Å². The van der Waals surface area contributed by atoms with E-state index in [-0.39, 0.29) is 16.2 Å². The van der Waals surface area contributed by atoms with E-state index < -0.39 is 11.6 Å². The van der Waals surface area contributed by atoms with Gasteiger partial charge in [-0.05, 0) is 12.1 Å². The number of aromatic nitrogens is 3. The summed E-state index contributed by atoms with van der Waals surface area (Å²) in [5.74, 6) is -1.24. The van der Waals surface area contributed by atoms with E-state index in [0.717, 1.165) is 5.82 Å². The molecule has 0 saturated heterocycles. The number of anilines is 1. The third kappa shape index (κ3) is 2.01. The number of nitrogens with zero attached hydrogens (tertiary/aromatic N) is 4. The first-order valence-corrected chi connectivity index (χ1v) is 6.38. The van der Waals surface area contributed by atoms with Gasteiger partial charge in [0.2, 0.25) is 0 Å². The van der Waals surface area contributed by atoms with Gasteiger partial charge in [0, 0.05) is 18.7 Å². The molecule has 1 aliphatic rings. The minimum atomic E-state index is -1.01. The highest BCUT2D eigenvalue weighted by Crippen LogP contribution is 2.26. The van der Waals surface area contributed by atoms with Gasteiger partial charge in [-0.1, -0.05) is 12.2 Å². The van der Waals surface area contributed by atoms with Crippen molar-refractivity contribution >= 4 is 22.9 Å². The Morgan fingerprint density at radius 3 is 2.80 bits per heavy atom. The van der Waals surface area contributed by atoms with Gasteiger partial charge in [0.05, 0.1) is 12.2 Å². The molecule has 0 aliphatic carbocycles. The molecule has 3 rings (SSSR count). The van der Waals surface area contributed by atoms with Crippen LogP contribution >= 0.6 is 12.2 Å². The maximum absolute atomic E-state index is 14.1. The smallest absolute Gasteiger partial charge is 0.182 e. The highest BCUT2D eigenvalue weighted by molar-refractivity contribution is 7.80. The van der Waals surface area contributed by atoms with Gasteiger partial charge >= 0.3 is 0 Å². The Balaban J connectivity index is 1.96. The van der Waals surface area contributed by atoms with E-state index in [2.05, 4.69) is 22.4 Å². The Hall–Kier alpha value is -2.09. The lowest BCUT2D eigenvalue weighted by molar-refractivity contribution is 0.494. The molecule has 0 unspecified atom stereocenters. The Labute approximate surface area is 119 Å². The SMILES string of the molecule is NC(=S)c1ccc(N2CCn3cnnc3C2)c(F)c1F. The van der Waals surface area contributed by atoms with Crippen LogP contribution in [0, 0.1) is 11.6 Å². The largest absolute Gasteiger partial charge is 0.389 e. The molecule has 1 aliphatic heterocycles. The highest BCUT2D eigenvalue weighted by Gasteiger charge is 2.23. The number of halogens is 2. The van der Waals surface area contributed by atoms with Gasteiger partial charge in [-0.15, -0.1) is 10.2 Å². The first kappa shape index (κ1) is 12.9. The van der Waals surface area contributed by atoms with Crippen LogP contribution < -0.4 is 10.6 Å². The molecule has 2 N–H and O–H groups in total. The Morgan fingerprint density at radius 2 is 2.05 bits per heavy atom. The standard InChI is InChI=1S/C12H11F2N5S/c13-10-7(12(15)20)1-2-8(11(10)14)18-3-4-19-6-16-17-9(19)5-18/h1-2,6H,3-5H2,(H2,15,20). The second-order valence-electron chi connectivity index (χ2n) is 4.49. The first-order chi connectivity index (χ1) is 9.58. The van der Waals surface area contributed by atoms with E-state index in [9.17, 15) is 8.78 Å². The molecular weight excluding hydrogens is 284 g/mol. The van der Waals surface area contributed by atoms with Gasteiger partial charge in [0.15, 0.2) is 17.5 Å². The van der Waals surface area contributed by atoms with Gasteiger partial charge in [-0.25, -0.2) is 8.78 Å². The van der Waals surface area contributed by atoms with Crippen molar-refractivity contribution in [1.29, 1.82) is 0 Å². The monoisotopic (exact) mass is 295 g/mol. The van der Waals surface area contributed by atoms with Crippen molar-refractivity contribution in [3.8, 4) is 0 Å². The minimum Gasteiger partial charge on any atom is -0.389 e. The summed E-state index contributed by atoms with van der Waals surface area (Å²) in [6.07, 6.45) is 1.62. The third-order valence-electron chi connectivity index (χ3n) is 3.31. The second-order valence-corrected chi connectivity index (χ2v) is 4.93. The summed E-state index contributed by atoms with van der Waals surface area (Å²) in [4.78, 5) is 1.55. The topological polar surface area (TPSA) is 60.0 Å². The number of hydrogen-bond donors (Lipinski definition) is 1. The average Bonchev–Trinajstić information content (AvgIpc) is 2.88. The molecule has 8 heteroatoms. The number of benzene rings is 1. The Kier molecular flexibility index (Phi) is 3.09. The zero-order chi connectivity index (χ0) is 14.3. The van der Waals surface area contributed by atoms with Gasteiger partial charge in [-0.2, -0.15) is 0 Å². The summed E-state index contributed by atoms with van der Waals surface area (Å²) < 4.78 is 29.9. The molecular formula is C12H11F2N5S. The minimum absolute atomic E-state index is 0.0820. The summed E-state index contributed by atoms with van der Waals surface area (Å²) >= 11 is 4.69. The summed E-state index contributed by atoms with van der Waals surface area (Å²) in [6.45, 7) is 1.55. The number of rotatable bonds is 2. The number of nitrogens with two attached hydrogens (primary N) is 1. The average molecular weight is 295 g/mol. The second kappa shape index (κ2) is 4.78. The van der Waals surface area contributed by atoms with Gasteiger partial charge in [-0.3, -0.25) is 0 Å². The molecule has 0 atom stereocenters. The van der Waals surface area contributed by atoms with Gasteiger partial charge in [0.1, 0.15) is 11.3 Å². The van der Waals surface area contributed by atoms with E-state index in [1.165, 1.54) is 12.1 Å². The first-order valence-electron chi connectivity index (χ1n) is 5.97. The maximum atomic E-state index is 14.1. The molecule has 1 aromatic heterocycles. The molecule has 0 amide bonds. The van der Waals surface area contributed by atoms with Crippen LogP contribution in [-0.4, -0.2) is 26.3 Å². The van der Waals surface area contributed by atoms with E-state index in [4.69, 9.17) is 5.73 Å². The lowest BCUT2D eigenvalue weighted by Crippen LogP contribution is -2.34. The van der Waals surface area contributed by atoms with Crippen LogP contribution in [-0.2, 0) is 13.1 Å². The quantitative estimate of drug-likeness (QED) is 0.844. The molecule has 0 fully saturated rings. The molecule has 0 bridgehead atoms. The van der Waals surface area contributed by atoms with Crippen LogP contribution in [0.25, 0.3) is 0 Å². The number of fused-ring (bicyclic) bond motifs is 1. The molecule has 0 saturated carbocycles. The van der Waals surface area contributed by atoms with E-state index in [0.29, 0.717) is 19.6 Å². The third-order valence-corrected chi connectivity index (χ3v) is 3.53. The Bertz CT molecular complexity index is 684. The van der Waals surface area contributed by atoms with Crippen molar-refractivity contribution in [3.05, 3.63) is 41.5 Å². The molecule has 2 heterocycles. The number of hydrogen-bond acceptors (Lipinski definition) is 4. The van der Waals surface area contributed by atoms with Crippen molar-refractivity contribution in [1.82, 2.24) is 14.8 Å². The van der Waals surface area contributed by atoms with Gasteiger partial charge < -0.3 is 15.2 Å². The summed E-state index contributed by atoms with van der Waals surface area (Å²) in [5, 5.41) is 7.74. The number of thiocarbonyl (C=S) groups is 1. The van der Waals surface area contributed by atoms with Crippen LogP contribution in [0.1, 0.15) is 11.4 Å². The van der Waals surface area contributed by atoms with E-state index in [1.807, 2.05) is 4.57 Å². The fourth-order valence-corrected chi connectivity index (χ4v) is 2.40. The zero-order valence-electron chi connectivity index (χ0n) is 10.4. The molecule has 0 spiro atoms. The lowest BCUT2D eigenvalue weighted by atomic mass is 10.1. The van der Waals surface area contributed by atoms with Crippen LogP contribution in [0.3, 0.4) is 0 Å². The van der Waals surface area contributed by atoms with Crippen LogP contribution in [0.5, 0.6) is 0 Å². The predicted octanol–water partition coefficient (Wildman–Crippen LogP) is 1.21. The van der Waals surface area contributed by atoms with E-state index in [1.54, 1.807) is 11.2 Å². The van der Waals surface area contributed by atoms with Crippen LogP contribution in [0.15, 0.2) is 18.5 Å². The lowest BCUT2D eigenvalue weighted by Gasteiger charge is -2.29. The zero-order valence-corrected chi connectivity index (χ0v) is 11.2. The highest BCUT2D eigenvalue weighted by atomic mass is 32.1.